The van der Waals surface area contributed by atoms with E-state index in [4.69, 9.17) is 9.84 Å². The minimum Gasteiger partial charge on any atom is -0.450 e. The van der Waals surface area contributed by atoms with E-state index in [0.29, 0.717) is 5.92 Å². The Morgan fingerprint density at radius 3 is 2.72 bits per heavy atom. The highest BCUT2D eigenvalue weighted by Crippen LogP contribution is 2.35. The molecule has 0 bridgehead atoms. The third-order valence-corrected chi connectivity index (χ3v) is 4.00. The molecule has 0 aromatic heterocycles. The zero-order valence-electron chi connectivity index (χ0n) is 10.2. The molecule has 0 radical (unpaired) electrons. The lowest BCUT2D eigenvalue weighted by atomic mass is 9.82. The van der Waals surface area contributed by atoms with Crippen LogP contribution in [0, 0.1) is 0 Å². The Kier molecular flexibility index (Phi) is 4.64. The average Bonchev–Trinajstić information content (AvgIpc) is 2.38. The molecule has 1 aromatic carbocycles. The van der Waals surface area contributed by atoms with Crippen LogP contribution in [-0.4, -0.2) is 11.3 Å². The largest absolute Gasteiger partial charge is 0.506 e. The van der Waals surface area contributed by atoms with E-state index in [-0.39, 0.29) is 6.61 Å². The fourth-order valence-corrected chi connectivity index (χ4v) is 3.01. The summed E-state index contributed by atoms with van der Waals surface area (Å²) in [6.07, 6.45) is 5.00. The predicted octanol–water partition coefficient (Wildman–Crippen LogP) is 4.69. The summed E-state index contributed by atoms with van der Waals surface area (Å²) < 4.78 is 5.74. The van der Waals surface area contributed by atoms with Crippen molar-refractivity contribution in [2.45, 2.75) is 44.6 Å². The molecule has 1 saturated carbocycles. The first kappa shape index (κ1) is 13.4. The Balaban J connectivity index is 2.19. The topological polar surface area (TPSA) is 46.5 Å². The van der Waals surface area contributed by atoms with Gasteiger partial charge in [-0.2, -0.15) is 0 Å². The minimum absolute atomic E-state index is 0.147. The van der Waals surface area contributed by atoms with E-state index in [9.17, 15) is 4.79 Å². The van der Waals surface area contributed by atoms with Crippen LogP contribution < -0.4 is 0 Å². The summed E-state index contributed by atoms with van der Waals surface area (Å²) in [5, 5.41) is 8.60. The number of benzene rings is 1. The van der Waals surface area contributed by atoms with E-state index in [0.717, 1.165) is 10.0 Å². The molecule has 2 rings (SSSR count). The first-order valence-corrected chi connectivity index (χ1v) is 7.10. The second kappa shape index (κ2) is 6.23. The zero-order chi connectivity index (χ0) is 13.0. The second-order valence-electron chi connectivity index (χ2n) is 4.73. The van der Waals surface area contributed by atoms with Crippen LogP contribution in [0.3, 0.4) is 0 Å². The van der Waals surface area contributed by atoms with E-state index >= 15 is 0 Å². The number of carbonyl (C=O) groups is 1. The second-order valence-corrected chi connectivity index (χ2v) is 5.65. The van der Waals surface area contributed by atoms with Gasteiger partial charge in [-0.1, -0.05) is 41.3 Å². The van der Waals surface area contributed by atoms with Crippen molar-refractivity contribution in [1.29, 1.82) is 0 Å². The standard InChI is InChI=1S/C14H17BrO3/c15-12-7-6-11(9-18-14(16)17)13(8-12)10-4-2-1-3-5-10/h6-8,10H,1-5,9H2,(H,16,17). The van der Waals surface area contributed by atoms with Gasteiger partial charge in [0.05, 0.1) is 0 Å². The van der Waals surface area contributed by atoms with Crippen LogP contribution in [0.15, 0.2) is 22.7 Å². The molecular formula is C14H17BrO3. The van der Waals surface area contributed by atoms with E-state index in [2.05, 4.69) is 22.0 Å². The van der Waals surface area contributed by atoms with Gasteiger partial charge in [0, 0.05) is 4.47 Å². The molecule has 1 aliphatic rings. The van der Waals surface area contributed by atoms with Gasteiger partial charge in [0.1, 0.15) is 6.61 Å². The lowest BCUT2D eigenvalue weighted by molar-refractivity contribution is 0.0850. The van der Waals surface area contributed by atoms with Gasteiger partial charge in [0.2, 0.25) is 0 Å². The summed E-state index contributed by atoms with van der Waals surface area (Å²) in [4.78, 5) is 10.5. The predicted molar refractivity (Wildman–Crippen MR) is 72.8 cm³/mol. The van der Waals surface area contributed by atoms with Crippen molar-refractivity contribution < 1.29 is 14.6 Å². The number of rotatable bonds is 3. The smallest absolute Gasteiger partial charge is 0.450 e. The molecule has 0 amide bonds. The number of ether oxygens (including phenoxy) is 1. The molecule has 0 aliphatic heterocycles. The average molecular weight is 313 g/mol. The van der Waals surface area contributed by atoms with Crippen LogP contribution in [0.2, 0.25) is 0 Å². The highest BCUT2D eigenvalue weighted by molar-refractivity contribution is 9.10. The molecule has 1 aromatic rings. The van der Waals surface area contributed by atoms with E-state index in [1.165, 1.54) is 37.7 Å². The molecule has 1 aliphatic carbocycles. The molecule has 1 N–H and O–H groups in total. The quantitative estimate of drug-likeness (QED) is 0.823. The number of carboxylic acid groups (broad SMARTS) is 1. The summed E-state index contributed by atoms with van der Waals surface area (Å²) in [5.74, 6) is 0.545. The van der Waals surface area contributed by atoms with Crippen LogP contribution in [0.5, 0.6) is 0 Å². The van der Waals surface area contributed by atoms with Crippen LogP contribution in [0.4, 0.5) is 4.79 Å². The van der Waals surface area contributed by atoms with E-state index in [1.807, 2.05) is 12.1 Å². The summed E-state index contributed by atoms with van der Waals surface area (Å²) in [5.41, 5.74) is 2.23. The van der Waals surface area contributed by atoms with Crippen molar-refractivity contribution in [1.82, 2.24) is 0 Å². The van der Waals surface area contributed by atoms with Gasteiger partial charge in [-0.05, 0) is 42.0 Å². The van der Waals surface area contributed by atoms with Gasteiger partial charge >= 0.3 is 6.16 Å². The van der Waals surface area contributed by atoms with Crippen molar-refractivity contribution in [3.8, 4) is 0 Å². The lowest BCUT2D eigenvalue weighted by Gasteiger charge is -2.24. The van der Waals surface area contributed by atoms with Gasteiger partial charge in [0.25, 0.3) is 0 Å². The van der Waals surface area contributed by atoms with E-state index in [1.54, 1.807) is 0 Å². The maximum absolute atomic E-state index is 10.5. The van der Waals surface area contributed by atoms with Crippen molar-refractivity contribution in [2.75, 3.05) is 0 Å². The van der Waals surface area contributed by atoms with Crippen molar-refractivity contribution in [2.24, 2.45) is 0 Å². The molecule has 98 valence electrons. The third kappa shape index (κ3) is 3.48. The van der Waals surface area contributed by atoms with Gasteiger partial charge in [0.15, 0.2) is 0 Å². The Morgan fingerprint density at radius 1 is 1.33 bits per heavy atom. The van der Waals surface area contributed by atoms with Gasteiger partial charge in [-0.3, -0.25) is 0 Å². The monoisotopic (exact) mass is 312 g/mol. The fourth-order valence-electron chi connectivity index (χ4n) is 2.63. The van der Waals surface area contributed by atoms with Crippen LogP contribution >= 0.6 is 15.9 Å². The zero-order valence-corrected chi connectivity index (χ0v) is 11.8. The number of hydrogen-bond acceptors (Lipinski definition) is 2. The number of hydrogen-bond donors (Lipinski definition) is 1. The molecule has 0 heterocycles. The Bertz CT molecular complexity index is 425. The molecular weight excluding hydrogens is 296 g/mol. The normalized spacial score (nSPS) is 16.5. The highest BCUT2D eigenvalue weighted by Gasteiger charge is 2.19. The first-order valence-electron chi connectivity index (χ1n) is 6.31. The summed E-state index contributed by atoms with van der Waals surface area (Å²) >= 11 is 3.49. The summed E-state index contributed by atoms with van der Waals surface area (Å²) in [6, 6.07) is 6.00. The van der Waals surface area contributed by atoms with Gasteiger partial charge in [-0.15, -0.1) is 0 Å². The molecule has 0 saturated heterocycles. The molecule has 0 spiro atoms. The maximum Gasteiger partial charge on any atom is 0.506 e. The maximum atomic E-state index is 10.5. The number of halogens is 1. The Labute approximate surface area is 115 Å². The summed E-state index contributed by atoms with van der Waals surface area (Å²) in [6.45, 7) is 0.147. The molecule has 4 heteroatoms. The Morgan fingerprint density at radius 2 is 2.06 bits per heavy atom. The molecule has 0 unspecified atom stereocenters. The van der Waals surface area contributed by atoms with E-state index < -0.39 is 6.16 Å². The van der Waals surface area contributed by atoms with Crippen LogP contribution in [0.1, 0.15) is 49.1 Å². The van der Waals surface area contributed by atoms with Crippen molar-refractivity contribution in [3.05, 3.63) is 33.8 Å². The van der Waals surface area contributed by atoms with Crippen molar-refractivity contribution in [3.63, 3.8) is 0 Å². The molecule has 0 atom stereocenters. The minimum atomic E-state index is -1.22. The lowest BCUT2D eigenvalue weighted by Crippen LogP contribution is -2.09. The highest BCUT2D eigenvalue weighted by atomic mass is 79.9. The SMILES string of the molecule is O=C(O)OCc1ccc(Br)cc1C1CCCCC1. The van der Waals surface area contributed by atoms with Crippen LogP contribution in [-0.2, 0) is 11.3 Å². The molecule has 3 nitrogen and oxygen atoms in total. The first-order chi connectivity index (χ1) is 8.66. The van der Waals surface area contributed by atoms with Gasteiger partial charge < -0.3 is 9.84 Å². The van der Waals surface area contributed by atoms with Crippen LogP contribution in [0.25, 0.3) is 0 Å². The molecule has 18 heavy (non-hydrogen) atoms. The van der Waals surface area contributed by atoms with Crippen molar-refractivity contribution >= 4 is 22.1 Å². The molecule has 1 fully saturated rings. The Hall–Kier alpha value is -1.03. The summed E-state index contributed by atoms with van der Waals surface area (Å²) in [7, 11) is 0. The van der Waals surface area contributed by atoms with Gasteiger partial charge in [-0.25, -0.2) is 4.79 Å². The third-order valence-electron chi connectivity index (χ3n) is 3.50. The fraction of sp³-hybridized carbons (Fsp3) is 0.500.